The lowest BCUT2D eigenvalue weighted by Gasteiger charge is -2.23. The van der Waals surface area contributed by atoms with Crippen LogP contribution in [0.1, 0.15) is 11.4 Å². The highest BCUT2D eigenvalue weighted by Gasteiger charge is 2.19. The van der Waals surface area contributed by atoms with Gasteiger partial charge in [-0.2, -0.15) is 0 Å². The number of nitrogens with zero attached hydrogens (tertiary/aromatic N) is 4. The number of anilines is 1. The molecule has 0 saturated carbocycles. The van der Waals surface area contributed by atoms with Gasteiger partial charge in [-0.25, -0.2) is 0 Å². The molecule has 28 heavy (non-hydrogen) atoms. The van der Waals surface area contributed by atoms with Crippen LogP contribution >= 0.6 is 11.8 Å². The first-order chi connectivity index (χ1) is 13.4. The van der Waals surface area contributed by atoms with Crippen molar-refractivity contribution >= 4 is 29.0 Å². The SMILES string of the molecule is Cc1ccc(NC(=O)CSc2nnc(C[NH+]3CCOCC3)n2C)cc1[N+](=O)[O-]. The van der Waals surface area contributed by atoms with E-state index in [-0.39, 0.29) is 17.3 Å². The monoisotopic (exact) mass is 407 g/mol. The Labute approximate surface area is 166 Å². The molecule has 1 amide bonds. The van der Waals surface area contributed by atoms with Crippen LogP contribution in [0, 0.1) is 17.0 Å². The maximum Gasteiger partial charge on any atom is 0.274 e. The molecule has 0 unspecified atom stereocenters. The molecule has 0 aliphatic carbocycles. The van der Waals surface area contributed by atoms with Crippen molar-refractivity contribution in [2.24, 2.45) is 7.05 Å². The number of aromatic nitrogens is 3. The van der Waals surface area contributed by atoms with Crippen LogP contribution in [0.3, 0.4) is 0 Å². The number of morpholine rings is 1. The van der Waals surface area contributed by atoms with Crippen molar-refractivity contribution in [2.75, 3.05) is 37.4 Å². The fourth-order valence-electron chi connectivity index (χ4n) is 2.90. The predicted molar refractivity (Wildman–Crippen MR) is 103 cm³/mol. The normalized spacial score (nSPS) is 14.8. The van der Waals surface area contributed by atoms with E-state index in [1.54, 1.807) is 19.1 Å². The van der Waals surface area contributed by atoms with Crippen molar-refractivity contribution < 1.29 is 19.4 Å². The molecule has 3 rings (SSSR count). The molecule has 150 valence electrons. The van der Waals surface area contributed by atoms with E-state index in [1.165, 1.54) is 22.7 Å². The quantitative estimate of drug-likeness (QED) is 0.382. The summed E-state index contributed by atoms with van der Waals surface area (Å²) in [6.07, 6.45) is 0. The van der Waals surface area contributed by atoms with Gasteiger partial charge in [0.1, 0.15) is 19.6 Å². The topological polar surface area (TPSA) is 117 Å². The van der Waals surface area contributed by atoms with Crippen molar-refractivity contribution in [2.45, 2.75) is 18.6 Å². The van der Waals surface area contributed by atoms with Gasteiger partial charge in [0.05, 0.1) is 23.9 Å². The molecule has 1 aliphatic rings. The number of carbonyl (C=O) groups is 1. The zero-order chi connectivity index (χ0) is 20.1. The van der Waals surface area contributed by atoms with Crippen molar-refractivity contribution in [3.05, 3.63) is 39.7 Å². The minimum Gasteiger partial charge on any atom is -0.370 e. The Morgan fingerprint density at radius 1 is 1.39 bits per heavy atom. The zero-order valence-electron chi connectivity index (χ0n) is 15.8. The van der Waals surface area contributed by atoms with Crippen molar-refractivity contribution in [1.82, 2.24) is 14.8 Å². The lowest BCUT2D eigenvalue weighted by atomic mass is 10.2. The molecular weight excluding hydrogens is 384 g/mol. The van der Waals surface area contributed by atoms with Crippen molar-refractivity contribution in [1.29, 1.82) is 0 Å². The number of quaternary nitrogens is 1. The van der Waals surface area contributed by atoms with Gasteiger partial charge in [0.25, 0.3) is 5.69 Å². The Kier molecular flexibility index (Phi) is 6.60. The van der Waals surface area contributed by atoms with Crippen molar-refractivity contribution in [3.8, 4) is 0 Å². The van der Waals surface area contributed by atoms with E-state index in [0.717, 1.165) is 38.7 Å². The van der Waals surface area contributed by atoms with E-state index in [1.807, 2.05) is 11.6 Å². The number of ether oxygens (including phenoxy) is 1. The smallest absolute Gasteiger partial charge is 0.274 e. The molecule has 2 aromatic rings. The van der Waals surface area contributed by atoms with Gasteiger partial charge in [-0.1, -0.05) is 17.8 Å². The van der Waals surface area contributed by atoms with Crippen LogP contribution in [0.4, 0.5) is 11.4 Å². The molecule has 0 bridgehead atoms. The third-order valence-corrected chi connectivity index (χ3v) is 5.58. The molecule has 0 spiro atoms. The zero-order valence-corrected chi connectivity index (χ0v) is 16.6. The third kappa shape index (κ3) is 5.06. The molecule has 2 N–H and O–H groups in total. The van der Waals surface area contributed by atoms with Crippen LogP contribution in [0.15, 0.2) is 23.4 Å². The molecule has 11 heteroatoms. The van der Waals surface area contributed by atoms with E-state index < -0.39 is 4.92 Å². The molecule has 1 aromatic carbocycles. The largest absolute Gasteiger partial charge is 0.370 e. The number of hydrogen-bond donors (Lipinski definition) is 2. The number of nitro benzene ring substituents is 1. The van der Waals surface area contributed by atoms with Crippen LogP contribution < -0.4 is 10.2 Å². The van der Waals surface area contributed by atoms with Gasteiger partial charge in [0.15, 0.2) is 11.0 Å². The van der Waals surface area contributed by atoms with Crippen LogP contribution in [-0.4, -0.2) is 57.7 Å². The number of rotatable bonds is 7. The Morgan fingerprint density at radius 2 is 2.14 bits per heavy atom. The second-order valence-corrected chi connectivity index (χ2v) is 7.53. The molecule has 1 aliphatic heterocycles. The Bertz CT molecular complexity index is 865. The number of thioether (sulfide) groups is 1. The average Bonchev–Trinajstić information content (AvgIpc) is 3.02. The maximum atomic E-state index is 12.2. The second-order valence-electron chi connectivity index (χ2n) is 6.59. The minimum absolute atomic E-state index is 0.0194. The summed E-state index contributed by atoms with van der Waals surface area (Å²) in [5, 5.41) is 22.8. The average molecular weight is 407 g/mol. The summed E-state index contributed by atoms with van der Waals surface area (Å²) in [5.74, 6) is 0.749. The summed E-state index contributed by atoms with van der Waals surface area (Å²) < 4.78 is 7.26. The highest BCUT2D eigenvalue weighted by molar-refractivity contribution is 7.99. The first-order valence-corrected chi connectivity index (χ1v) is 9.90. The number of nitro groups is 1. The van der Waals surface area contributed by atoms with Gasteiger partial charge >= 0.3 is 0 Å². The summed E-state index contributed by atoms with van der Waals surface area (Å²) in [4.78, 5) is 24.2. The van der Waals surface area contributed by atoms with Crippen LogP contribution in [0.25, 0.3) is 0 Å². The van der Waals surface area contributed by atoms with Gasteiger partial charge in [-0.05, 0) is 13.0 Å². The molecule has 10 nitrogen and oxygen atoms in total. The van der Waals surface area contributed by atoms with Gasteiger partial charge < -0.3 is 19.5 Å². The van der Waals surface area contributed by atoms with Gasteiger partial charge in [-0.3, -0.25) is 14.9 Å². The number of amides is 1. The van der Waals surface area contributed by atoms with E-state index in [0.29, 0.717) is 16.4 Å². The number of aryl methyl sites for hydroxylation is 1. The third-order valence-electron chi connectivity index (χ3n) is 4.56. The summed E-state index contributed by atoms with van der Waals surface area (Å²) in [7, 11) is 1.89. The molecule has 1 aromatic heterocycles. The summed E-state index contributed by atoms with van der Waals surface area (Å²) in [6.45, 7) is 5.83. The number of carbonyl (C=O) groups excluding carboxylic acids is 1. The van der Waals surface area contributed by atoms with E-state index >= 15 is 0 Å². The lowest BCUT2D eigenvalue weighted by molar-refractivity contribution is -0.922. The maximum absolute atomic E-state index is 12.2. The number of hydrogen-bond acceptors (Lipinski definition) is 7. The first-order valence-electron chi connectivity index (χ1n) is 8.91. The second kappa shape index (κ2) is 9.13. The van der Waals surface area contributed by atoms with Crippen LogP contribution in [0.5, 0.6) is 0 Å². The van der Waals surface area contributed by atoms with Crippen LogP contribution in [-0.2, 0) is 23.1 Å². The van der Waals surface area contributed by atoms with Gasteiger partial charge in [0, 0.05) is 24.4 Å². The highest BCUT2D eigenvalue weighted by atomic mass is 32.2. The minimum atomic E-state index is -0.461. The van der Waals surface area contributed by atoms with Gasteiger partial charge in [-0.15, -0.1) is 10.2 Å². The first kappa shape index (κ1) is 20.2. The molecule has 0 radical (unpaired) electrons. The van der Waals surface area contributed by atoms with E-state index in [9.17, 15) is 14.9 Å². The summed E-state index contributed by atoms with van der Waals surface area (Å²) in [6, 6.07) is 4.63. The Balaban J connectivity index is 1.55. The Morgan fingerprint density at radius 3 is 2.86 bits per heavy atom. The fraction of sp³-hybridized carbons (Fsp3) is 0.471. The molecule has 1 fully saturated rings. The molecular formula is C17H23N6O4S+. The standard InChI is InChI=1S/C17H22N6O4S/c1-12-3-4-13(9-14(12)23(25)26)18-16(24)11-28-17-20-19-15(21(17)2)10-22-5-7-27-8-6-22/h3-4,9H,5-8,10-11H2,1-2H3,(H,18,24)/p+1. The van der Waals surface area contributed by atoms with E-state index in [2.05, 4.69) is 15.5 Å². The summed E-state index contributed by atoms with van der Waals surface area (Å²) >= 11 is 1.28. The van der Waals surface area contributed by atoms with Crippen molar-refractivity contribution in [3.63, 3.8) is 0 Å². The highest BCUT2D eigenvalue weighted by Crippen LogP contribution is 2.23. The summed E-state index contributed by atoms with van der Waals surface area (Å²) in [5.41, 5.74) is 0.929. The Hall–Kier alpha value is -2.50. The molecule has 2 heterocycles. The van der Waals surface area contributed by atoms with Crippen LogP contribution in [0.2, 0.25) is 0 Å². The number of nitrogens with one attached hydrogen (secondary N) is 2. The number of benzene rings is 1. The molecule has 0 atom stereocenters. The van der Waals surface area contributed by atoms with Gasteiger partial charge in [0.2, 0.25) is 5.91 Å². The molecule has 1 saturated heterocycles. The lowest BCUT2D eigenvalue weighted by Crippen LogP contribution is -3.12. The fourth-order valence-corrected chi connectivity index (χ4v) is 3.63. The predicted octanol–water partition coefficient (Wildman–Crippen LogP) is 0.178. The van der Waals surface area contributed by atoms with E-state index in [4.69, 9.17) is 4.74 Å².